The van der Waals surface area contributed by atoms with Gasteiger partial charge in [-0.15, -0.1) is 0 Å². The summed E-state index contributed by atoms with van der Waals surface area (Å²) in [7, 11) is 3.44. The van der Waals surface area contributed by atoms with Crippen LogP contribution in [0.1, 0.15) is 27.3 Å². The highest BCUT2D eigenvalue weighted by Gasteiger charge is 2.18. The molecular formula is C14H16N2O2. The van der Waals surface area contributed by atoms with Crippen LogP contribution in [0.4, 0.5) is 0 Å². The Bertz CT molecular complexity index is 600. The van der Waals surface area contributed by atoms with E-state index in [0.29, 0.717) is 11.4 Å². The van der Waals surface area contributed by atoms with Crippen molar-refractivity contribution in [3.05, 3.63) is 47.0 Å². The monoisotopic (exact) mass is 244 g/mol. The minimum Gasteiger partial charge on any atom is -0.496 e. The zero-order valence-corrected chi connectivity index (χ0v) is 11.0. The van der Waals surface area contributed by atoms with Gasteiger partial charge < -0.3 is 9.30 Å². The number of benzene rings is 1. The lowest BCUT2D eigenvalue weighted by Gasteiger charge is -2.11. The van der Waals surface area contributed by atoms with Gasteiger partial charge in [-0.05, 0) is 37.1 Å². The first kappa shape index (κ1) is 12.4. The summed E-state index contributed by atoms with van der Waals surface area (Å²) in [6, 6.07) is 3.61. The van der Waals surface area contributed by atoms with Crippen molar-refractivity contribution in [3.63, 3.8) is 0 Å². The summed E-state index contributed by atoms with van der Waals surface area (Å²) < 4.78 is 6.97. The molecular weight excluding hydrogens is 228 g/mol. The summed E-state index contributed by atoms with van der Waals surface area (Å²) in [6.07, 6.45) is 3.39. The topological polar surface area (TPSA) is 44.1 Å². The summed E-state index contributed by atoms with van der Waals surface area (Å²) in [5.74, 6) is 1.18. The number of rotatable bonds is 3. The lowest BCUT2D eigenvalue weighted by atomic mass is 9.99. The van der Waals surface area contributed by atoms with Gasteiger partial charge in [0.1, 0.15) is 5.75 Å². The number of ketones is 1. The number of aromatic nitrogens is 2. The molecule has 1 heterocycles. The molecule has 0 amide bonds. The van der Waals surface area contributed by atoms with Crippen LogP contribution >= 0.6 is 0 Å². The molecule has 0 aliphatic heterocycles. The van der Waals surface area contributed by atoms with Gasteiger partial charge in [0.15, 0.2) is 5.82 Å². The molecule has 2 aromatic rings. The third-order valence-electron chi connectivity index (χ3n) is 3.23. The fraction of sp³-hybridized carbons (Fsp3) is 0.286. The van der Waals surface area contributed by atoms with E-state index in [0.717, 1.165) is 16.9 Å². The number of carbonyl (C=O) groups excluding carboxylic acids is 1. The lowest BCUT2D eigenvalue weighted by Crippen LogP contribution is -2.11. The molecule has 0 atom stereocenters. The molecule has 4 heteroatoms. The quantitative estimate of drug-likeness (QED) is 0.778. The number of aryl methyl sites for hydroxylation is 1. The van der Waals surface area contributed by atoms with Crippen molar-refractivity contribution in [1.29, 1.82) is 0 Å². The molecule has 0 spiro atoms. The second-order valence-electron chi connectivity index (χ2n) is 4.26. The van der Waals surface area contributed by atoms with Crippen LogP contribution in [0.3, 0.4) is 0 Å². The standard InChI is InChI=1S/C14H16N2O2/c1-9-10(2)12(18-4)6-5-11(9)13(17)14-15-7-8-16(14)3/h5-8H,1-4H3. The molecule has 0 radical (unpaired) electrons. The third kappa shape index (κ3) is 1.90. The van der Waals surface area contributed by atoms with E-state index in [-0.39, 0.29) is 5.78 Å². The molecule has 0 saturated carbocycles. The molecule has 0 aliphatic rings. The predicted molar refractivity (Wildman–Crippen MR) is 69.1 cm³/mol. The number of nitrogens with zero attached hydrogens (tertiary/aromatic N) is 2. The fourth-order valence-electron chi connectivity index (χ4n) is 1.97. The van der Waals surface area contributed by atoms with E-state index in [9.17, 15) is 4.79 Å². The summed E-state index contributed by atoms with van der Waals surface area (Å²) in [4.78, 5) is 16.5. The van der Waals surface area contributed by atoms with Crippen molar-refractivity contribution in [2.24, 2.45) is 7.05 Å². The SMILES string of the molecule is COc1ccc(C(=O)c2nccn2C)c(C)c1C. The fourth-order valence-corrected chi connectivity index (χ4v) is 1.97. The van der Waals surface area contributed by atoms with Gasteiger partial charge in [0, 0.05) is 25.0 Å². The second-order valence-corrected chi connectivity index (χ2v) is 4.26. The molecule has 0 N–H and O–H groups in total. The Morgan fingerprint density at radius 2 is 2.00 bits per heavy atom. The van der Waals surface area contributed by atoms with Crippen molar-refractivity contribution in [2.45, 2.75) is 13.8 Å². The summed E-state index contributed by atoms with van der Waals surface area (Å²) in [5.41, 5.74) is 2.59. The zero-order chi connectivity index (χ0) is 13.3. The van der Waals surface area contributed by atoms with Crippen molar-refractivity contribution >= 4 is 5.78 Å². The molecule has 0 fully saturated rings. The van der Waals surface area contributed by atoms with Gasteiger partial charge in [-0.25, -0.2) is 4.98 Å². The Morgan fingerprint density at radius 1 is 1.28 bits per heavy atom. The number of hydrogen-bond donors (Lipinski definition) is 0. The zero-order valence-electron chi connectivity index (χ0n) is 11.0. The first-order chi connectivity index (χ1) is 8.56. The van der Waals surface area contributed by atoms with Crippen LogP contribution in [0.15, 0.2) is 24.5 Å². The lowest BCUT2D eigenvalue weighted by molar-refractivity contribution is 0.102. The van der Waals surface area contributed by atoms with E-state index < -0.39 is 0 Å². The Balaban J connectivity index is 2.50. The van der Waals surface area contributed by atoms with E-state index in [4.69, 9.17) is 4.74 Å². The highest BCUT2D eigenvalue weighted by molar-refractivity contribution is 6.08. The Labute approximate surface area is 106 Å². The average molecular weight is 244 g/mol. The maximum Gasteiger partial charge on any atom is 0.228 e. The molecule has 1 aromatic heterocycles. The highest BCUT2D eigenvalue weighted by Crippen LogP contribution is 2.25. The minimum absolute atomic E-state index is 0.0641. The molecule has 0 unspecified atom stereocenters. The van der Waals surface area contributed by atoms with Gasteiger partial charge in [0.2, 0.25) is 5.78 Å². The van der Waals surface area contributed by atoms with Crippen molar-refractivity contribution in [3.8, 4) is 5.75 Å². The Kier molecular flexibility index (Phi) is 3.19. The molecule has 94 valence electrons. The molecule has 0 saturated heterocycles. The van der Waals surface area contributed by atoms with E-state index in [1.807, 2.05) is 27.0 Å². The Hall–Kier alpha value is -2.10. The number of hydrogen-bond acceptors (Lipinski definition) is 3. The second kappa shape index (κ2) is 4.64. The average Bonchev–Trinajstić information content (AvgIpc) is 2.78. The largest absolute Gasteiger partial charge is 0.496 e. The van der Waals surface area contributed by atoms with Crippen molar-refractivity contribution in [2.75, 3.05) is 7.11 Å². The summed E-state index contributed by atoms with van der Waals surface area (Å²) in [6.45, 7) is 3.87. The van der Waals surface area contributed by atoms with E-state index in [1.165, 1.54) is 0 Å². The van der Waals surface area contributed by atoms with Gasteiger partial charge in [-0.1, -0.05) is 0 Å². The van der Waals surface area contributed by atoms with Gasteiger partial charge >= 0.3 is 0 Å². The molecule has 4 nitrogen and oxygen atoms in total. The van der Waals surface area contributed by atoms with Crippen LogP contribution in [0.5, 0.6) is 5.75 Å². The van der Waals surface area contributed by atoms with E-state index >= 15 is 0 Å². The maximum absolute atomic E-state index is 12.4. The maximum atomic E-state index is 12.4. The van der Waals surface area contributed by atoms with Crippen LogP contribution in [-0.4, -0.2) is 22.4 Å². The molecule has 1 aromatic carbocycles. The molecule has 0 aliphatic carbocycles. The van der Waals surface area contributed by atoms with Gasteiger partial charge in [0.25, 0.3) is 0 Å². The van der Waals surface area contributed by atoms with Gasteiger partial charge in [-0.2, -0.15) is 0 Å². The Morgan fingerprint density at radius 3 is 2.56 bits per heavy atom. The third-order valence-corrected chi connectivity index (χ3v) is 3.23. The van der Waals surface area contributed by atoms with Crippen molar-refractivity contribution in [1.82, 2.24) is 9.55 Å². The van der Waals surface area contributed by atoms with Gasteiger partial charge in [0.05, 0.1) is 7.11 Å². The van der Waals surface area contributed by atoms with Crippen LogP contribution in [0.2, 0.25) is 0 Å². The predicted octanol–water partition coefficient (Wildman–Crippen LogP) is 2.28. The molecule has 18 heavy (non-hydrogen) atoms. The van der Waals surface area contributed by atoms with Gasteiger partial charge in [-0.3, -0.25) is 4.79 Å². The summed E-state index contributed by atoms with van der Waals surface area (Å²) >= 11 is 0. The number of ether oxygens (including phenoxy) is 1. The van der Waals surface area contributed by atoms with Crippen molar-refractivity contribution < 1.29 is 9.53 Å². The molecule has 2 rings (SSSR count). The van der Waals surface area contributed by atoms with Crippen LogP contribution in [-0.2, 0) is 7.05 Å². The number of imidazole rings is 1. The van der Waals surface area contributed by atoms with E-state index in [2.05, 4.69) is 4.98 Å². The smallest absolute Gasteiger partial charge is 0.228 e. The first-order valence-corrected chi connectivity index (χ1v) is 5.72. The number of methoxy groups -OCH3 is 1. The minimum atomic E-state index is -0.0641. The molecule has 0 bridgehead atoms. The van der Waals surface area contributed by atoms with Crippen LogP contribution in [0.25, 0.3) is 0 Å². The summed E-state index contributed by atoms with van der Waals surface area (Å²) in [5, 5.41) is 0. The highest BCUT2D eigenvalue weighted by atomic mass is 16.5. The normalized spacial score (nSPS) is 10.4. The first-order valence-electron chi connectivity index (χ1n) is 5.72. The van der Waals surface area contributed by atoms with Crippen LogP contribution < -0.4 is 4.74 Å². The van der Waals surface area contributed by atoms with E-state index in [1.54, 1.807) is 30.1 Å². The number of carbonyl (C=O) groups is 1. The van der Waals surface area contributed by atoms with Crippen LogP contribution in [0, 0.1) is 13.8 Å².